The van der Waals surface area contributed by atoms with Gasteiger partial charge in [0.05, 0.1) is 0 Å². The molecule has 0 fully saturated rings. The summed E-state index contributed by atoms with van der Waals surface area (Å²) in [5, 5.41) is 3.68. The van der Waals surface area contributed by atoms with Crippen LogP contribution in [-0.2, 0) is 4.79 Å². The maximum absolute atomic E-state index is 12.4. The Hall–Kier alpha value is -3.86. The fourth-order valence-electron chi connectivity index (χ4n) is 3.64. The van der Waals surface area contributed by atoms with Crippen molar-refractivity contribution in [3.8, 4) is 16.9 Å². The molecule has 0 unspecified atom stereocenters. The molecule has 1 amide bonds. The van der Waals surface area contributed by atoms with Crippen molar-refractivity contribution in [2.75, 3.05) is 11.9 Å². The van der Waals surface area contributed by atoms with Crippen molar-refractivity contribution >= 4 is 22.6 Å². The van der Waals surface area contributed by atoms with E-state index >= 15 is 0 Å². The number of benzene rings is 3. The van der Waals surface area contributed by atoms with Gasteiger partial charge in [0.1, 0.15) is 11.3 Å². The number of carbonyl (C=O) groups excluding carboxylic acids is 1. The molecule has 4 aromatic rings. The summed E-state index contributed by atoms with van der Waals surface area (Å²) in [4.78, 5) is 24.6. The molecule has 4 rings (SSSR count). The summed E-state index contributed by atoms with van der Waals surface area (Å²) >= 11 is 0. The van der Waals surface area contributed by atoms with Gasteiger partial charge in [0, 0.05) is 22.7 Å². The Morgan fingerprint density at radius 1 is 0.968 bits per heavy atom. The summed E-state index contributed by atoms with van der Waals surface area (Å²) in [7, 11) is 0. The van der Waals surface area contributed by atoms with Crippen LogP contribution in [0.1, 0.15) is 16.7 Å². The molecule has 0 aliphatic carbocycles. The first-order chi connectivity index (χ1) is 14.9. The number of hydrogen-bond donors (Lipinski definition) is 1. The van der Waals surface area contributed by atoms with Crippen molar-refractivity contribution < 1.29 is 13.9 Å². The number of hydrogen-bond acceptors (Lipinski definition) is 4. The van der Waals surface area contributed by atoms with E-state index in [2.05, 4.69) is 5.32 Å². The molecule has 0 aliphatic heterocycles. The summed E-state index contributed by atoms with van der Waals surface area (Å²) < 4.78 is 11.2. The molecule has 0 atom stereocenters. The van der Waals surface area contributed by atoms with Crippen molar-refractivity contribution in [2.45, 2.75) is 20.8 Å². The molecule has 0 aliphatic rings. The Morgan fingerprint density at radius 2 is 1.74 bits per heavy atom. The third-order valence-electron chi connectivity index (χ3n) is 5.21. The zero-order valence-electron chi connectivity index (χ0n) is 17.7. The topological polar surface area (TPSA) is 68.5 Å². The quantitative estimate of drug-likeness (QED) is 0.445. The van der Waals surface area contributed by atoms with E-state index in [0.29, 0.717) is 16.9 Å². The van der Waals surface area contributed by atoms with Crippen LogP contribution in [0.2, 0.25) is 0 Å². The number of carbonyl (C=O) groups is 1. The zero-order valence-corrected chi connectivity index (χ0v) is 17.7. The van der Waals surface area contributed by atoms with Gasteiger partial charge in [-0.05, 0) is 55.7 Å². The average Bonchev–Trinajstić information content (AvgIpc) is 2.76. The minimum Gasteiger partial charge on any atom is -0.483 e. The van der Waals surface area contributed by atoms with E-state index in [0.717, 1.165) is 33.3 Å². The van der Waals surface area contributed by atoms with Gasteiger partial charge < -0.3 is 14.5 Å². The van der Waals surface area contributed by atoms with Crippen molar-refractivity contribution in [1.29, 1.82) is 0 Å². The monoisotopic (exact) mass is 413 g/mol. The molecule has 0 spiro atoms. The maximum atomic E-state index is 12.4. The molecule has 5 nitrogen and oxygen atoms in total. The summed E-state index contributed by atoms with van der Waals surface area (Å²) in [5.41, 5.74) is 5.31. The molecule has 1 N–H and O–H groups in total. The van der Waals surface area contributed by atoms with Crippen LogP contribution in [0.25, 0.3) is 22.1 Å². The smallest absolute Gasteiger partial charge is 0.336 e. The Bertz CT molecular complexity index is 1320. The highest BCUT2D eigenvalue weighted by atomic mass is 16.5. The van der Waals surface area contributed by atoms with Crippen molar-refractivity contribution in [3.63, 3.8) is 0 Å². The Kier molecular flexibility index (Phi) is 5.58. The normalized spacial score (nSPS) is 10.8. The van der Waals surface area contributed by atoms with Crippen LogP contribution in [0.4, 0.5) is 5.69 Å². The number of ether oxygens (including phenoxy) is 1. The summed E-state index contributed by atoms with van der Waals surface area (Å²) in [6.07, 6.45) is 0. The molecule has 0 saturated carbocycles. The highest BCUT2D eigenvalue weighted by molar-refractivity contribution is 5.96. The Labute approximate surface area is 180 Å². The number of amides is 1. The van der Waals surface area contributed by atoms with Crippen molar-refractivity contribution in [2.24, 2.45) is 0 Å². The van der Waals surface area contributed by atoms with Crippen LogP contribution < -0.4 is 15.7 Å². The van der Waals surface area contributed by atoms with Gasteiger partial charge in [-0.25, -0.2) is 4.79 Å². The number of nitrogens with one attached hydrogen (secondary N) is 1. The lowest BCUT2D eigenvalue weighted by Gasteiger charge is -2.13. The molecule has 3 aromatic carbocycles. The molecule has 0 radical (unpaired) electrons. The van der Waals surface area contributed by atoms with Gasteiger partial charge in [0.2, 0.25) is 0 Å². The van der Waals surface area contributed by atoms with Gasteiger partial charge in [-0.15, -0.1) is 0 Å². The van der Waals surface area contributed by atoms with Crippen LogP contribution in [-0.4, -0.2) is 12.5 Å². The molecule has 1 heterocycles. The Balaban J connectivity index is 1.58. The lowest BCUT2D eigenvalue weighted by atomic mass is 10.0. The highest BCUT2D eigenvalue weighted by Gasteiger charge is 2.14. The zero-order chi connectivity index (χ0) is 22.0. The predicted octanol–water partition coefficient (Wildman–Crippen LogP) is 5.40. The minimum absolute atomic E-state index is 0.151. The molecule has 0 saturated heterocycles. The van der Waals surface area contributed by atoms with E-state index in [4.69, 9.17) is 9.15 Å². The van der Waals surface area contributed by atoms with E-state index in [1.807, 2.05) is 75.4 Å². The lowest BCUT2D eigenvalue weighted by Crippen LogP contribution is -2.21. The standard InChI is InChI=1S/C26H23NO4/c1-16-9-11-22(17(2)13-16)27-24(28)15-30-23-12-10-20-21(19-7-5-4-6-8-19)14-25(29)31-26(20)18(23)3/h4-14H,15H2,1-3H3,(H,27,28). The summed E-state index contributed by atoms with van der Waals surface area (Å²) in [5.74, 6) is 0.238. The molecular formula is C26H23NO4. The Morgan fingerprint density at radius 3 is 2.48 bits per heavy atom. The SMILES string of the molecule is Cc1ccc(NC(=O)COc2ccc3c(-c4ccccc4)cc(=O)oc3c2C)c(C)c1. The lowest BCUT2D eigenvalue weighted by molar-refractivity contribution is -0.118. The van der Waals surface area contributed by atoms with Crippen LogP contribution >= 0.6 is 0 Å². The molecule has 31 heavy (non-hydrogen) atoms. The maximum Gasteiger partial charge on any atom is 0.336 e. The third kappa shape index (κ3) is 4.36. The summed E-state index contributed by atoms with van der Waals surface area (Å²) in [6, 6.07) is 20.7. The van der Waals surface area contributed by atoms with Gasteiger partial charge >= 0.3 is 5.63 Å². The number of anilines is 1. The van der Waals surface area contributed by atoms with Crippen LogP contribution in [0, 0.1) is 20.8 Å². The largest absolute Gasteiger partial charge is 0.483 e. The molecule has 156 valence electrons. The van der Waals surface area contributed by atoms with Gasteiger partial charge in [-0.2, -0.15) is 0 Å². The predicted molar refractivity (Wildman–Crippen MR) is 123 cm³/mol. The number of rotatable bonds is 5. The van der Waals surface area contributed by atoms with E-state index in [1.165, 1.54) is 6.07 Å². The highest BCUT2D eigenvalue weighted by Crippen LogP contribution is 2.33. The molecule has 0 bridgehead atoms. The van der Waals surface area contributed by atoms with E-state index in [1.54, 1.807) is 6.07 Å². The molecule has 5 heteroatoms. The van der Waals surface area contributed by atoms with Crippen LogP contribution in [0.5, 0.6) is 5.75 Å². The van der Waals surface area contributed by atoms with Gasteiger partial charge in [0.15, 0.2) is 6.61 Å². The second-order valence-corrected chi connectivity index (χ2v) is 7.57. The third-order valence-corrected chi connectivity index (χ3v) is 5.21. The first kappa shape index (κ1) is 20.4. The molecular weight excluding hydrogens is 390 g/mol. The van der Waals surface area contributed by atoms with Gasteiger partial charge in [-0.1, -0.05) is 48.0 Å². The first-order valence-electron chi connectivity index (χ1n) is 10.0. The first-order valence-corrected chi connectivity index (χ1v) is 10.0. The summed E-state index contributed by atoms with van der Waals surface area (Å²) in [6.45, 7) is 5.62. The second kappa shape index (κ2) is 8.48. The molecule has 1 aromatic heterocycles. The fraction of sp³-hybridized carbons (Fsp3) is 0.154. The second-order valence-electron chi connectivity index (χ2n) is 7.57. The number of fused-ring (bicyclic) bond motifs is 1. The average molecular weight is 413 g/mol. The number of aryl methyl sites for hydroxylation is 3. The van der Waals surface area contributed by atoms with Gasteiger partial charge in [0.25, 0.3) is 5.91 Å². The van der Waals surface area contributed by atoms with Crippen molar-refractivity contribution in [1.82, 2.24) is 0 Å². The van der Waals surface area contributed by atoms with Crippen LogP contribution in [0.15, 0.2) is 75.9 Å². The minimum atomic E-state index is -0.431. The van der Waals surface area contributed by atoms with Crippen molar-refractivity contribution in [3.05, 3.63) is 93.8 Å². The van der Waals surface area contributed by atoms with E-state index in [-0.39, 0.29) is 12.5 Å². The van der Waals surface area contributed by atoms with Gasteiger partial charge in [-0.3, -0.25) is 4.79 Å². The van der Waals surface area contributed by atoms with Crippen LogP contribution in [0.3, 0.4) is 0 Å². The van der Waals surface area contributed by atoms with E-state index < -0.39 is 5.63 Å². The van der Waals surface area contributed by atoms with E-state index in [9.17, 15) is 9.59 Å². The fourth-order valence-corrected chi connectivity index (χ4v) is 3.64.